The lowest BCUT2D eigenvalue weighted by Gasteiger charge is -2.13. The van der Waals surface area contributed by atoms with Crippen LogP contribution in [0.4, 0.5) is 0 Å². The van der Waals surface area contributed by atoms with Gasteiger partial charge in [0, 0.05) is 23.7 Å². The van der Waals surface area contributed by atoms with Gasteiger partial charge in [-0.15, -0.1) is 10.2 Å². The van der Waals surface area contributed by atoms with Crippen LogP contribution in [-0.2, 0) is 4.74 Å². The molecule has 2 N–H and O–H groups in total. The van der Waals surface area contributed by atoms with Gasteiger partial charge in [-0.3, -0.25) is 14.0 Å². The normalized spacial score (nSPS) is 21.0. The standard InChI is InChI=1S/C22H19N7O3/c30-10-17-16(31)9-18(32-17)28-11-24-19-21(28)25-12-29-20(26-27-22(19)29)14-6-4-13(5-7-14)15-3-1-2-8-23-15/h1-8,11-12,16-18,30-31H,9-10H2/t16?,17-,18-/m1/s1. The molecule has 10 heteroatoms. The first-order chi connectivity index (χ1) is 15.7. The second-order valence-corrected chi connectivity index (χ2v) is 7.69. The van der Waals surface area contributed by atoms with Crippen molar-refractivity contribution in [2.45, 2.75) is 24.9 Å². The molecule has 5 heterocycles. The van der Waals surface area contributed by atoms with Gasteiger partial charge in [-0.2, -0.15) is 0 Å². The lowest BCUT2D eigenvalue weighted by atomic mass is 10.1. The first-order valence-electron chi connectivity index (χ1n) is 10.3. The number of aromatic nitrogens is 7. The number of ether oxygens (including phenoxy) is 1. The molecular formula is C22H19N7O3. The van der Waals surface area contributed by atoms with Crippen LogP contribution in [0.5, 0.6) is 0 Å². The van der Waals surface area contributed by atoms with E-state index in [9.17, 15) is 10.2 Å². The Hall–Kier alpha value is -3.73. The van der Waals surface area contributed by atoms with E-state index >= 15 is 0 Å². The quantitative estimate of drug-likeness (QED) is 0.444. The Kier molecular flexibility index (Phi) is 4.42. The maximum atomic E-state index is 10.1. The van der Waals surface area contributed by atoms with Crippen molar-refractivity contribution in [3.8, 4) is 22.6 Å². The molecule has 1 aliphatic heterocycles. The summed E-state index contributed by atoms with van der Waals surface area (Å²) in [5.74, 6) is 0.657. The highest BCUT2D eigenvalue weighted by atomic mass is 16.5. The van der Waals surface area contributed by atoms with Gasteiger partial charge in [-0.1, -0.05) is 30.3 Å². The summed E-state index contributed by atoms with van der Waals surface area (Å²) in [4.78, 5) is 13.4. The molecule has 32 heavy (non-hydrogen) atoms. The maximum absolute atomic E-state index is 10.1. The van der Waals surface area contributed by atoms with E-state index in [2.05, 4.69) is 25.1 Å². The van der Waals surface area contributed by atoms with E-state index in [1.165, 1.54) is 0 Å². The fourth-order valence-corrected chi connectivity index (χ4v) is 4.10. The molecule has 5 aromatic rings. The van der Waals surface area contributed by atoms with Crippen LogP contribution in [-0.4, -0.2) is 63.1 Å². The molecule has 0 aliphatic carbocycles. The van der Waals surface area contributed by atoms with Crippen LogP contribution < -0.4 is 0 Å². The van der Waals surface area contributed by atoms with Gasteiger partial charge < -0.3 is 14.9 Å². The number of pyridine rings is 1. The molecule has 0 saturated carbocycles. The number of nitrogens with zero attached hydrogens (tertiary/aromatic N) is 7. The van der Waals surface area contributed by atoms with E-state index in [1.54, 1.807) is 27.8 Å². The molecule has 10 nitrogen and oxygen atoms in total. The highest BCUT2D eigenvalue weighted by molar-refractivity contribution is 5.86. The number of hydrogen-bond acceptors (Lipinski definition) is 8. The third-order valence-electron chi connectivity index (χ3n) is 5.77. The zero-order valence-corrected chi connectivity index (χ0v) is 16.9. The summed E-state index contributed by atoms with van der Waals surface area (Å²) in [5, 5.41) is 28.1. The minimum atomic E-state index is -0.736. The monoisotopic (exact) mass is 429 g/mol. The highest BCUT2D eigenvalue weighted by Crippen LogP contribution is 2.32. The molecule has 1 fully saturated rings. The fourth-order valence-electron chi connectivity index (χ4n) is 4.10. The van der Waals surface area contributed by atoms with Gasteiger partial charge in [0.1, 0.15) is 18.7 Å². The second-order valence-electron chi connectivity index (χ2n) is 7.69. The van der Waals surface area contributed by atoms with Crippen LogP contribution >= 0.6 is 0 Å². The van der Waals surface area contributed by atoms with Crippen molar-refractivity contribution in [1.82, 2.24) is 34.1 Å². The van der Waals surface area contributed by atoms with Gasteiger partial charge >= 0.3 is 0 Å². The Morgan fingerprint density at radius 3 is 2.53 bits per heavy atom. The van der Waals surface area contributed by atoms with Crippen molar-refractivity contribution in [3.63, 3.8) is 0 Å². The van der Waals surface area contributed by atoms with E-state index in [4.69, 9.17) is 4.74 Å². The van der Waals surface area contributed by atoms with Crippen molar-refractivity contribution in [2.75, 3.05) is 6.61 Å². The van der Waals surface area contributed by atoms with Crippen molar-refractivity contribution < 1.29 is 14.9 Å². The Bertz CT molecular complexity index is 1400. The van der Waals surface area contributed by atoms with Crippen LogP contribution in [0.1, 0.15) is 12.6 Å². The molecule has 0 amide bonds. The molecule has 1 aliphatic rings. The molecule has 4 aromatic heterocycles. The number of benzene rings is 1. The summed E-state index contributed by atoms with van der Waals surface area (Å²) in [6.45, 7) is -0.241. The number of fused-ring (bicyclic) bond motifs is 3. The summed E-state index contributed by atoms with van der Waals surface area (Å²) in [7, 11) is 0. The Morgan fingerprint density at radius 1 is 0.938 bits per heavy atom. The van der Waals surface area contributed by atoms with Gasteiger partial charge in [0.15, 0.2) is 22.6 Å². The summed E-state index contributed by atoms with van der Waals surface area (Å²) >= 11 is 0. The van der Waals surface area contributed by atoms with E-state index in [0.717, 1.165) is 16.8 Å². The molecule has 1 aromatic carbocycles. The number of aliphatic hydroxyl groups excluding tert-OH is 2. The Morgan fingerprint density at radius 2 is 1.78 bits per heavy atom. The van der Waals surface area contributed by atoms with Gasteiger partial charge in [0.25, 0.3) is 0 Å². The first kappa shape index (κ1) is 19.0. The summed E-state index contributed by atoms with van der Waals surface area (Å²) < 4.78 is 9.30. The Balaban J connectivity index is 1.37. The topological polar surface area (TPSA) is 123 Å². The van der Waals surface area contributed by atoms with E-state index in [1.807, 2.05) is 42.5 Å². The smallest absolute Gasteiger partial charge is 0.192 e. The maximum Gasteiger partial charge on any atom is 0.192 e. The molecule has 160 valence electrons. The molecular weight excluding hydrogens is 410 g/mol. The van der Waals surface area contributed by atoms with E-state index in [0.29, 0.717) is 29.1 Å². The predicted octanol–water partition coefficient (Wildman–Crippen LogP) is 1.84. The highest BCUT2D eigenvalue weighted by Gasteiger charge is 2.35. The van der Waals surface area contributed by atoms with Crippen LogP contribution in [0.3, 0.4) is 0 Å². The number of aliphatic hydroxyl groups is 2. The van der Waals surface area contributed by atoms with Gasteiger partial charge in [0.05, 0.1) is 24.7 Å². The van der Waals surface area contributed by atoms with E-state index in [-0.39, 0.29) is 6.61 Å². The lowest BCUT2D eigenvalue weighted by Crippen LogP contribution is -2.24. The average Bonchev–Trinajstić information content (AvgIpc) is 3.55. The summed E-state index contributed by atoms with van der Waals surface area (Å²) in [5.41, 5.74) is 4.56. The molecule has 1 unspecified atom stereocenters. The average molecular weight is 429 g/mol. The molecule has 0 spiro atoms. The minimum Gasteiger partial charge on any atom is -0.394 e. The van der Waals surface area contributed by atoms with E-state index < -0.39 is 18.4 Å². The van der Waals surface area contributed by atoms with Crippen molar-refractivity contribution >= 4 is 16.8 Å². The zero-order chi connectivity index (χ0) is 21.7. The molecule has 3 atom stereocenters. The summed E-state index contributed by atoms with van der Waals surface area (Å²) in [6, 6.07) is 13.8. The van der Waals surface area contributed by atoms with Crippen molar-refractivity contribution in [1.29, 1.82) is 0 Å². The minimum absolute atomic E-state index is 0.241. The molecule has 0 radical (unpaired) electrons. The summed E-state index contributed by atoms with van der Waals surface area (Å²) in [6.07, 6.45) is 3.59. The molecule has 6 rings (SSSR count). The SMILES string of the molecule is OC[C@H]1O[C@@H](n2cnc3c2ncn2c(-c4ccc(-c5ccccn5)cc4)nnc32)CC1O. The number of imidazole rings is 1. The van der Waals surface area contributed by atoms with Crippen LogP contribution in [0.2, 0.25) is 0 Å². The fraction of sp³-hybridized carbons (Fsp3) is 0.227. The number of hydrogen-bond donors (Lipinski definition) is 2. The third-order valence-corrected chi connectivity index (χ3v) is 5.77. The molecule has 0 bridgehead atoms. The lowest BCUT2D eigenvalue weighted by molar-refractivity contribution is -0.0432. The number of rotatable bonds is 4. The van der Waals surface area contributed by atoms with Crippen LogP contribution in [0, 0.1) is 0 Å². The van der Waals surface area contributed by atoms with Gasteiger partial charge in [-0.25, -0.2) is 9.97 Å². The largest absolute Gasteiger partial charge is 0.394 e. The Labute approximate surface area is 181 Å². The molecule has 1 saturated heterocycles. The first-order valence-corrected chi connectivity index (χ1v) is 10.3. The van der Waals surface area contributed by atoms with Crippen molar-refractivity contribution in [2.24, 2.45) is 0 Å². The van der Waals surface area contributed by atoms with Gasteiger partial charge in [0.2, 0.25) is 0 Å². The van der Waals surface area contributed by atoms with Crippen LogP contribution in [0.15, 0.2) is 61.3 Å². The van der Waals surface area contributed by atoms with Crippen molar-refractivity contribution in [3.05, 3.63) is 61.3 Å². The van der Waals surface area contributed by atoms with Crippen LogP contribution in [0.25, 0.3) is 39.5 Å². The second kappa shape index (κ2) is 7.45. The third kappa shape index (κ3) is 2.96. The zero-order valence-electron chi connectivity index (χ0n) is 16.9. The predicted molar refractivity (Wildman–Crippen MR) is 114 cm³/mol. The van der Waals surface area contributed by atoms with Gasteiger partial charge in [-0.05, 0) is 12.1 Å².